The fourth-order valence-corrected chi connectivity index (χ4v) is 4.94. The Morgan fingerprint density at radius 2 is 2.04 bits per heavy atom. The van der Waals surface area contributed by atoms with Gasteiger partial charge < -0.3 is 20.5 Å². The van der Waals surface area contributed by atoms with Gasteiger partial charge in [-0.3, -0.25) is 14.4 Å². The van der Waals surface area contributed by atoms with Gasteiger partial charge in [0.15, 0.2) is 0 Å². The third-order valence-electron chi connectivity index (χ3n) is 6.27. The van der Waals surface area contributed by atoms with Gasteiger partial charge in [-0.25, -0.2) is 0 Å². The summed E-state index contributed by atoms with van der Waals surface area (Å²) in [6, 6.07) is 7.61. The van der Waals surface area contributed by atoms with E-state index in [0.29, 0.717) is 18.5 Å². The van der Waals surface area contributed by atoms with Gasteiger partial charge in [0.1, 0.15) is 5.92 Å². The van der Waals surface area contributed by atoms with E-state index in [4.69, 9.17) is 0 Å². The van der Waals surface area contributed by atoms with E-state index in [9.17, 15) is 14.4 Å². The maximum Gasteiger partial charge on any atom is 0.251 e. The molecule has 27 heavy (non-hydrogen) atoms. The quantitative estimate of drug-likeness (QED) is 0.712. The third-order valence-corrected chi connectivity index (χ3v) is 6.27. The van der Waals surface area contributed by atoms with Crippen molar-refractivity contribution in [2.75, 3.05) is 6.54 Å². The van der Waals surface area contributed by atoms with E-state index < -0.39 is 5.92 Å². The second-order valence-electron chi connectivity index (χ2n) is 7.77. The van der Waals surface area contributed by atoms with Gasteiger partial charge in [0.05, 0.1) is 12.1 Å². The highest BCUT2D eigenvalue weighted by Gasteiger charge is 2.51. The monoisotopic (exact) mass is 366 g/mol. The summed E-state index contributed by atoms with van der Waals surface area (Å²) in [7, 11) is 0. The molecule has 3 fully saturated rings. The van der Waals surface area contributed by atoms with Crippen LogP contribution in [0.4, 0.5) is 0 Å². The maximum atomic E-state index is 12.9. The van der Waals surface area contributed by atoms with E-state index in [1.54, 1.807) is 0 Å². The highest BCUT2D eigenvalue weighted by atomic mass is 16.2. The number of aromatic amines is 1. The summed E-state index contributed by atoms with van der Waals surface area (Å²) in [5, 5.41) is 6.87. The smallest absolute Gasteiger partial charge is 0.251 e. The van der Waals surface area contributed by atoms with Crippen LogP contribution in [0.15, 0.2) is 30.5 Å². The zero-order valence-corrected chi connectivity index (χ0v) is 14.9. The first-order chi connectivity index (χ1) is 13.1. The Kier molecular flexibility index (Phi) is 3.70. The fraction of sp³-hybridized carbons (Fsp3) is 0.450. The SMILES string of the molecule is O=C(N[C@@H]1C[C@@H]2CC[C@H]1N2C(=O)C1CCNC1=O)c1ccc2[nH]ccc2c1. The molecule has 0 aliphatic carbocycles. The lowest BCUT2D eigenvalue weighted by atomic mass is 9.95. The van der Waals surface area contributed by atoms with Crippen LogP contribution in [0, 0.1) is 5.92 Å². The Morgan fingerprint density at radius 3 is 2.85 bits per heavy atom. The minimum Gasteiger partial charge on any atom is -0.361 e. The number of amides is 3. The van der Waals surface area contributed by atoms with Crippen LogP contribution in [-0.4, -0.2) is 52.3 Å². The van der Waals surface area contributed by atoms with Crippen LogP contribution in [-0.2, 0) is 9.59 Å². The molecule has 3 aliphatic rings. The highest BCUT2D eigenvalue weighted by Crippen LogP contribution is 2.39. The van der Waals surface area contributed by atoms with Crippen molar-refractivity contribution in [3.8, 4) is 0 Å². The molecule has 0 radical (unpaired) electrons. The van der Waals surface area contributed by atoms with Crippen LogP contribution in [0.25, 0.3) is 10.9 Å². The molecule has 0 saturated carbocycles. The lowest BCUT2D eigenvalue weighted by molar-refractivity contribution is -0.141. The summed E-state index contributed by atoms with van der Waals surface area (Å²) >= 11 is 0. The molecule has 3 saturated heterocycles. The number of benzene rings is 1. The molecule has 140 valence electrons. The second kappa shape index (κ2) is 6.11. The number of H-pyrrole nitrogens is 1. The molecule has 3 aliphatic heterocycles. The second-order valence-corrected chi connectivity index (χ2v) is 7.77. The number of hydrogen-bond donors (Lipinski definition) is 3. The number of nitrogens with zero attached hydrogens (tertiary/aromatic N) is 1. The molecule has 2 aromatic rings. The number of carbonyl (C=O) groups is 3. The Balaban J connectivity index is 1.31. The first-order valence-corrected chi connectivity index (χ1v) is 9.60. The van der Waals surface area contributed by atoms with E-state index in [1.165, 1.54) is 0 Å². The first-order valence-electron chi connectivity index (χ1n) is 9.60. The Bertz CT molecular complexity index is 936. The fourth-order valence-electron chi connectivity index (χ4n) is 4.94. The van der Waals surface area contributed by atoms with Gasteiger partial charge >= 0.3 is 0 Å². The van der Waals surface area contributed by atoms with E-state index in [1.807, 2.05) is 35.4 Å². The van der Waals surface area contributed by atoms with Crippen LogP contribution in [0.5, 0.6) is 0 Å². The van der Waals surface area contributed by atoms with Crippen molar-refractivity contribution in [3.63, 3.8) is 0 Å². The van der Waals surface area contributed by atoms with Crippen molar-refractivity contribution in [2.24, 2.45) is 5.92 Å². The van der Waals surface area contributed by atoms with Gasteiger partial charge in [-0.1, -0.05) is 0 Å². The third kappa shape index (κ3) is 2.60. The molecule has 4 atom stereocenters. The minimum atomic E-state index is -0.557. The van der Waals surface area contributed by atoms with Crippen LogP contribution in [0.3, 0.4) is 0 Å². The molecular weight excluding hydrogens is 344 g/mol. The molecule has 1 unspecified atom stereocenters. The average molecular weight is 366 g/mol. The molecule has 3 N–H and O–H groups in total. The standard InChI is InChI=1S/C20H22N4O3/c25-18(12-1-3-15-11(9-12)5-7-21-15)23-16-10-13-2-4-17(16)24(13)20(27)14-6-8-22-19(14)26/h1,3,5,7,9,13-14,16-17,21H,2,4,6,8,10H2,(H,22,26)(H,23,25)/t13-,14?,16+,17+/m0/s1. The molecule has 7 nitrogen and oxygen atoms in total. The zero-order valence-electron chi connectivity index (χ0n) is 14.9. The van der Waals surface area contributed by atoms with Crippen LogP contribution < -0.4 is 10.6 Å². The summed E-state index contributed by atoms with van der Waals surface area (Å²) < 4.78 is 0. The Hall–Kier alpha value is -2.83. The summed E-state index contributed by atoms with van der Waals surface area (Å²) in [4.78, 5) is 42.5. The Labute approximate surface area is 156 Å². The molecule has 3 amide bonds. The van der Waals surface area contributed by atoms with Crippen LogP contribution >= 0.6 is 0 Å². The zero-order chi connectivity index (χ0) is 18.5. The number of fused-ring (bicyclic) bond motifs is 3. The predicted molar refractivity (Wildman–Crippen MR) is 98.9 cm³/mol. The Morgan fingerprint density at radius 1 is 1.15 bits per heavy atom. The van der Waals surface area contributed by atoms with Gasteiger partial charge in [-0.05, 0) is 49.9 Å². The number of hydrogen-bond acceptors (Lipinski definition) is 3. The number of rotatable bonds is 3. The summed E-state index contributed by atoms with van der Waals surface area (Å²) in [6.07, 6.45) is 5.02. The summed E-state index contributed by atoms with van der Waals surface area (Å²) in [5.41, 5.74) is 1.62. The van der Waals surface area contributed by atoms with Gasteiger partial charge in [0.25, 0.3) is 5.91 Å². The summed E-state index contributed by atoms with van der Waals surface area (Å²) in [6.45, 7) is 0.570. The van der Waals surface area contributed by atoms with Crippen molar-refractivity contribution in [1.29, 1.82) is 0 Å². The molecule has 2 bridgehead atoms. The van der Waals surface area contributed by atoms with E-state index in [2.05, 4.69) is 15.6 Å². The van der Waals surface area contributed by atoms with Crippen LogP contribution in [0.1, 0.15) is 36.0 Å². The first kappa shape index (κ1) is 16.4. The van der Waals surface area contributed by atoms with Crippen molar-refractivity contribution in [2.45, 2.75) is 43.8 Å². The van der Waals surface area contributed by atoms with Gasteiger partial charge in [0.2, 0.25) is 11.8 Å². The van der Waals surface area contributed by atoms with E-state index in [0.717, 1.165) is 30.2 Å². The summed E-state index contributed by atoms with van der Waals surface area (Å²) in [5.74, 6) is -0.894. The number of nitrogens with one attached hydrogen (secondary N) is 3. The predicted octanol–water partition coefficient (Wildman–Crippen LogP) is 1.17. The average Bonchev–Trinajstić information content (AvgIpc) is 3.43. The lowest BCUT2D eigenvalue weighted by Crippen LogP contribution is -2.47. The largest absolute Gasteiger partial charge is 0.361 e. The van der Waals surface area contributed by atoms with E-state index >= 15 is 0 Å². The van der Waals surface area contributed by atoms with Crippen molar-refractivity contribution < 1.29 is 14.4 Å². The normalized spacial score (nSPS) is 29.3. The van der Waals surface area contributed by atoms with Gasteiger partial charge in [-0.2, -0.15) is 0 Å². The molecule has 1 aromatic carbocycles. The topological polar surface area (TPSA) is 94.3 Å². The lowest BCUT2D eigenvalue weighted by Gasteiger charge is -2.26. The van der Waals surface area contributed by atoms with Crippen molar-refractivity contribution >= 4 is 28.6 Å². The highest BCUT2D eigenvalue weighted by molar-refractivity contribution is 6.02. The maximum absolute atomic E-state index is 12.9. The molecule has 7 heteroatoms. The van der Waals surface area contributed by atoms with Crippen molar-refractivity contribution in [1.82, 2.24) is 20.5 Å². The van der Waals surface area contributed by atoms with Crippen molar-refractivity contribution in [3.05, 3.63) is 36.0 Å². The van der Waals surface area contributed by atoms with Gasteiger partial charge in [0, 0.05) is 35.2 Å². The number of aromatic nitrogens is 1. The van der Waals surface area contributed by atoms with Gasteiger partial charge in [-0.15, -0.1) is 0 Å². The number of carbonyl (C=O) groups excluding carboxylic acids is 3. The van der Waals surface area contributed by atoms with Crippen LogP contribution in [0.2, 0.25) is 0 Å². The molecule has 1 aromatic heterocycles. The minimum absolute atomic E-state index is 0.00385. The molecule has 0 spiro atoms. The molecular formula is C20H22N4O3. The molecule has 5 rings (SSSR count). The molecule has 4 heterocycles. The van der Waals surface area contributed by atoms with E-state index in [-0.39, 0.29) is 35.8 Å².